The van der Waals surface area contributed by atoms with Gasteiger partial charge in [-0.3, -0.25) is 0 Å². The second-order valence-corrected chi connectivity index (χ2v) is 4.67. The van der Waals surface area contributed by atoms with Gasteiger partial charge in [0.2, 0.25) is 0 Å². The molecule has 0 aromatic carbocycles. The average Bonchev–Trinajstić information content (AvgIpc) is 2.86. The van der Waals surface area contributed by atoms with E-state index in [9.17, 15) is 0 Å². The van der Waals surface area contributed by atoms with Crippen LogP contribution >= 0.6 is 11.3 Å². The first-order valence-corrected chi connectivity index (χ1v) is 6.96. The molecule has 0 aliphatic carbocycles. The van der Waals surface area contributed by atoms with E-state index in [4.69, 9.17) is 9.47 Å². The van der Waals surface area contributed by atoms with Crippen LogP contribution in [-0.2, 0) is 9.47 Å². The molecule has 1 aromatic heterocycles. The molecule has 4 nitrogen and oxygen atoms in total. The Morgan fingerprint density at radius 2 is 2.29 bits per heavy atom. The Hall–Kier alpha value is -0.490. The quantitative estimate of drug-likeness (QED) is 0.654. The molecule has 0 aliphatic heterocycles. The zero-order chi connectivity index (χ0) is 12.3. The maximum Gasteiger partial charge on any atom is 0.109 e. The van der Waals surface area contributed by atoms with Crippen LogP contribution in [0.2, 0.25) is 0 Å². The second kappa shape index (κ2) is 9.53. The normalized spacial score (nSPS) is 12.8. The summed E-state index contributed by atoms with van der Waals surface area (Å²) in [4.78, 5) is 4.34. The Labute approximate surface area is 107 Å². The van der Waals surface area contributed by atoms with Gasteiger partial charge in [0.25, 0.3) is 0 Å². The van der Waals surface area contributed by atoms with Gasteiger partial charge in [-0.15, -0.1) is 11.3 Å². The van der Waals surface area contributed by atoms with E-state index in [2.05, 4.69) is 17.2 Å². The molecule has 0 fully saturated rings. The molecule has 98 valence electrons. The highest BCUT2D eigenvalue weighted by Crippen LogP contribution is 2.18. The number of thiazole rings is 1. The third-order valence-electron chi connectivity index (χ3n) is 2.45. The SMILES string of the molecule is CCC(NCCCOCCOC)c1nccs1. The number of hydrogen-bond donors (Lipinski definition) is 1. The number of hydrogen-bond acceptors (Lipinski definition) is 5. The van der Waals surface area contributed by atoms with Crippen molar-refractivity contribution in [3.8, 4) is 0 Å². The van der Waals surface area contributed by atoms with Crippen LogP contribution in [0.5, 0.6) is 0 Å². The minimum atomic E-state index is 0.383. The van der Waals surface area contributed by atoms with Crippen molar-refractivity contribution in [3.05, 3.63) is 16.6 Å². The molecule has 0 bridgehead atoms. The molecule has 17 heavy (non-hydrogen) atoms. The number of rotatable bonds is 10. The summed E-state index contributed by atoms with van der Waals surface area (Å²) in [6, 6.07) is 0.383. The molecule has 0 saturated carbocycles. The van der Waals surface area contributed by atoms with E-state index in [1.165, 1.54) is 5.01 Å². The lowest BCUT2D eigenvalue weighted by Gasteiger charge is -2.14. The smallest absolute Gasteiger partial charge is 0.109 e. The minimum Gasteiger partial charge on any atom is -0.382 e. The van der Waals surface area contributed by atoms with Gasteiger partial charge in [0.15, 0.2) is 0 Å². The average molecular weight is 258 g/mol. The summed E-state index contributed by atoms with van der Waals surface area (Å²) in [6.45, 7) is 5.27. The molecule has 1 atom stereocenters. The van der Waals surface area contributed by atoms with Crippen molar-refractivity contribution in [3.63, 3.8) is 0 Å². The molecule has 1 heterocycles. The highest BCUT2D eigenvalue weighted by Gasteiger charge is 2.09. The van der Waals surface area contributed by atoms with Gasteiger partial charge < -0.3 is 14.8 Å². The van der Waals surface area contributed by atoms with E-state index in [1.54, 1.807) is 18.4 Å². The first kappa shape index (κ1) is 14.6. The fraction of sp³-hybridized carbons (Fsp3) is 0.750. The van der Waals surface area contributed by atoms with Crippen molar-refractivity contribution < 1.29 is 9.47 Å². The van der Waals surface area contributed by atoms with Crippen molar-refractivity contribution >= 4 is 11.3 Å². The summed E-state index contributed by atoms with van der Waals surface area (Å²) >= 11 is 1.71. The predicted molar refractivity (Wildman–Crippen MR) is 70.5 cm³/mol. The van der Waals surface area contributed by atoms with Crippen LogP contribution < -0.4 is 5.32 Å². The molecule has 0 radical (unpaired) electrons. The number of nitrogens with one attached hydrogen (secondary N) is 1. The fourth-order valence-corrected chi connectivity index (χ4v) is 2.30. The zero-order valence-electron chi connectivity index (χ0n) is 10.6. The summed E-state index contributed by atoms with van der Waals surface area (Å²) in [7, 11) is 1.69. The van der Waals surface area contributed by atoms with Crippen LogP contribution in [-0.4, -0.2) is 38.5 Å². The van der Waals surface area contributed by atoms with Gasteiger partial charge in [0.05, 0.1) is 19.3 Å². The van der Waals surface area contributed by atoms with Gasteiger partial charge in [0, 0.05) is 25.3 Å². The Kier molecular flexibility index (Phi) is 8.17. The number of methoxy groups -OCH3 is 1. The van der Waals surface area contributed by atoms with Gasteiger partial charge >= 0.3 is 0 Å². The zero-order valence-corrected chi connectivity index (χ0v) is 11.5. The Bertz CT molecular complexity index is 267. The van der Waals surface area contributed by atoms with Crippen molar-refractivity contribution in [1.82, 2.24) is 10.3 Å². The van der Waals surface area contributed by atoms with E-state index in [0.717, 1.165) is 26.0 Å². The van der Waals surface area contributed by atoms with Gasteiger partial charge in [0.1, 0.15) is 5.01 Å². The number of ether oxygens (including phenoxy) is 2. The van der Waals surface area contributed by atoms with Gasteiger partial charge in [-0.25, -0.2) is 4.98 Å². The highest BCUT2D eigenvalue weighted by atomic mass is 32.1. The number of nitrogens with zero attached hydrogens (tertiary/aromatic N) is 1. The largest absolute Gasteiger partial charge is 0.382 e. The summed E-state index contributed by atoms with van der Waals surface area (Å²) in [6.07, 6.45) is 3.95. The first-order chi connectivity index (χ1) is 8.38. The van der Waals surface area contributed by atoms with Crippen molar-refractivity contribution in [2.75, 3.05) is 33.5 Å². The Morgan fingerprint density at radius 1 is 1.41 bits per heavy atom. The van der Waals surface area contributed by atoms with E-state index in [0.29, 0.717) is 19.3 Å². The molecule has 0 aliphatic rings. The summed E-state index contributed by atoms with van der Waals surface area (Å²) in [5.41, 5.74) is 0. The lowest BCUT2D eigenvalue weighted by atomic mass is 10.2. The molecule has 0 amide bonds. The van der Waals surface area contributed by atoms with Crippen LogP contribution in [0.15, 0.2) is 11.6 Å². The van der Waals surface area contributed by atoms with Crippen molar-refractivity contribution in [1.29, 1.82) is 0 Å². The molecule has 1 aromatic rings. The molecule has 1 N–H and O–H groups in total. The van der Waals surface area contributed by atoms with E-state index in [-0.39, 0.29) is 0 Å². The second-order valence-electron chi connectivity index (χ2n) is 3.74. The molecule has 0 saturated heterocycles. The van der Waals surface area contributed by atoms with E-state index in [1.807, 2.05) is 11.6 Å². The standard InChI is InChI=1S/C12H22N2O2S/c1-3-11(12-14-6-10-17-12)13-5-4-7-16-9-8-15-2/h6,10-11,13H,3-5,7-9H2,1-2H3. The van der Waals surface area contributed by atoms with Crippen LogP contribution in [0.1, 0.15) is 30.8 Å². The van der Waals surface area contributed by atoms with E-state index >= 15 is 0 Å². The molecule has 1 unspecified atom stereocenters. The van der Waals surface area contributed by atoms with Crippen LogP contribution in [0.3, 0.4) is 0 Å². The topological polar surface area (TPSA) is 43.4 Å². The molecule has 5 heteroatoms. The molecule has 0 spiro atoms. The van der Waals surface area contributed by atoms with Gasteiger partial charge in [-0.05, 0) is 19.4 Å². The maximum atomic E-state index is 5.40. The summed E-state index contributed by atoms with van der Waals surface area (Å²) in [5, 5.41) is 6.69. The van der Waals surface area contributed by atoms with Crippen molar-refractivity contribution in [2.24, 2.45) is 0 Å². The third-order valence-corrected chi connectivity index (χ3v) is 3.33. The summed E-state index contributed by atoms with van der Waals surface area (Å²) < 4.78 is 10.3. The maximum absolute atomic E-state index is 5.40. The molecular formula is C12H22N2O2S. The van der Waals surface area contributed by atoms with Crippen LogP contribution in [0.4, 0.5) is 0 Å². The lowest BCUT2D eigenvalue weighted by Crippen LogP contribution is -2.22. The Balaban J connectivity index is 2.04. The van der Waals surface area contributed by atoms with Gasteiger partial charge in [-0.2, -0.15) is 0 Å². The number of aromatic nitrogens is 1. The first-order valence-electron chi connectivity index (χ1n) is 6.08. The Morgan fingerprint density at radius 3 is 2.94 bits per heavy atom. The fourth-order valence-electron chi connectivity index (χ4n) is 1.51. The monoisotopic (exact) mass is 258 g/mol. The van der Waals surface area contributed by atoms with Crippen molar-refractivity contribution in [2.45, 2.75) is 25.8 Å². The van der Waals surface area contributed by atoms with Crippen LogP contribution in [0, 0.1) is 0 Å². The third kappa shape index (κ3) is 6.12. The highest BCUT2D eigenvalue weighted by molar-refractivity contribution is 7.09. The lowest BCUT2D eigenvalue weighted by molar-refractivity contribution is 0.0692. The van der Waals surface area contributed by atoms with Gasteiger partial charge in [-0.1, -0.05) is 6.92 Å². The predicted octanol–water partition coefficient (Wildman–Crippen LogP) is 2.24. The summed E-state index contributed by atoms with van der Waals surface area (Å²) in [5.74, 6) is 0. The van der Waals surface area contributed by atoms with E-state index < -0.39 is 0 Å². The van der Waals surface area contributed by atoms with Crippen LogP contribution in [0.25, 0.3) is 0 Å². The molecular weight excluding hydrogens is 236 g/mol. The molecule has 1 rings (SSSR count). The minimum absolute atomic E-state index is 0.383.